The van der Waals surface area contributed by atoms with Crippen molar-refractivity contribution in [2.75, 3.05) is 12.0 Å². The second-order valence-corrected chi connectivity index (χ2v) is 9.79. The Morgan fingerprint density at radius 3 is 2.00 bits per heavy atom. The molecule has 34 heavy (non-hydrogen) atoms. The van der Waals surface area contributed by atoms with Gasteiger partial charge in [0.2, 0.25) is 5.28 Å². The van der Waals surface area contributed by atoms with Gasteiger partial charge in [-0.25, -0.2) is 9.59 Å². The molecule has 3 aromatic rings. The summed E-state index contributed by atoms with van der Waals surface area (Å²) >= 11 is 6.24. The fourth-order valence-electron chi connectivity index (χ4n) is 3.02. The zero-order valence-corrected chi connectivity index (χ0v) is 21.0. The first-order chi connectivity index (χ1) is 15.8. The zero-order chi connectivity index (χ0) is 25.3. The molecule has 0 saturated heterocycles. The summed E-state index contributed by atoms with van der Waals surface area (Å²) in [7, 11) is 1.46. The molecule has 2 heterocycles. The van der Waals surface area contributed by atoms with Gasteiger partial charge < -0.3 is 14.2 Å². The van der Waals surface area contributed by atoms with E-state index in [1.807, 2.05) is 30.3 Å². The number of carbonyl (C=O) groups is 2. The molecule has 0 aliphatic carbocycles. The molecule has 1 aromatic carbocycles. The van der Waals surface area contributed by atoms with Gasteiger partial charge in [-0.15, -0.1) is 0 Å². The molecule has 0 aliphatic heterocycles. The number of fused-ring (bicyclic) bond motifs is 1. The van der Waals surface area contributed by atoms with E-state index in [-0.39, 0.29) is 28.3 Å². The molecular formula is C23H28ClN5O5. The normalized spacial score (nSPS) is 11.9. The lowest BCUT2D eigenvalue weighted by molar-refractivity contribution is 0.0429. The van der Waals surface area contributed by atoms with Crippen LogP contribution < -0.4 is 9.64 Å². The number of anilines is 1. The summed E-state index contributed by atoms with van der Waals surface area (Å²) in [5.74, 6) is -0.177. The summed E-state index contributed by atoms with van der Waals surface area (Å²) in [5, 5.41) is -0.198. The number of nitrogens with zero attached hydrogens (tertiary/aromatic N) is 5. The first kappa shape index (κ1) is 25.2. The number of carbonyl (C=O) groups excluding carboxylic acids is 2. The molecule has 0 radical (unpaired) electrons. The predicted octanol–water partition coefficient (Wildman–Crippen LogP) is 5.21. The summed E-state index contributed by atoms with van der Waals surface area (Å²) in [4.78, 5) is 39.8. The molecule has 11 heteroatoms. The number of benzene rings is 1. The van der Waals surface area contributed by atoms with E-state index in [1.165, 1.54) is 7.11 Å². The Kier molecular flexibility index (Phi) is 7.02. The van der Waals surface area contributed by atoms with Gasteiger partial charge in [0.25, 0.3) is 6.01 Å². The van der Waals surface area contributed by atoms with Crippen LogP contribution in [0.15, 0.2) is 30.3 Å². The third-order valence-electron chi connectivity index (χ3n) is 4.24. The van der Waals surface area contributed by atoms with E-state index in [4.69, 9.17) is 25.8 Å². The average molecular weight is 490 g/mol. The first-order valence-electron chi connectivity index (χ1n) is 10.6. The van der Waals surface area contributed by atoms with Crippen molar-refractivity contribution in [3.8, 4) is 6.01 Å². The van der Waals surface area contributed by atoms with E-state index in [0.29, 0.717) is 11.4 Å². The lowest BCUT2D eigenvalue weighted by Gasteiger charge is -2.28. The van der Waals surface area contributed by atoms with Crippen molar-refractivity contribution in [3.63, 3.8) is 0 Å². The minimum atomic E-state index is -0.991. The molecule has 0 N–H and O–H groups in total. The zero-order valence-electron chi connectivity index (χ0n) is 20.2. The maximum atomic E-state index is 13.1. The first-order valence-corrected chi connectivity index (χ1v) is 10.9. The van der Waals surface area contributed by atoms with E-state index in [2.05, 4.69) is 15.0 Å². The number of amides is 2. The number of rotatable bonds is 4. The topological polar surface area (TPSA) is 109 Å². The van der Waals surface area contributed by atoms with Crippen LogP contribution in [0.25, 0.3) is 11.2 Å². The number of methoxy groups -OCH3 is 1. The van der Waals surface area contributed by atoms with Gasteiger partial charge in [0.1, 0.15) is 11.2 Å². The monoisotopic (exact) mass is 489 g/mol. The van der Waals surface area contributed by atoms with Crippen molar-refractivity contribution in [3.05, 3.63) is 41.2 Å². The number of hydrogen-bond donors (Lipinski definition) is 0. The van der Waals surface area contributed by atoms with Gasteiger partial charge in [-0.2, -0.15) is 19.9 Å². The van der Waals surface area contributed by atoms with Crippen LogP contribution in [0.5, 0.6) is 6.01 Å². The molecule has 3 rings (SSSR count). The van der Waals surface area contributed by atoms with E-state index < -0.39 is 23.4 Å². The quantitative estimate of drug-likeness (QED) is 0.459. The third-order valence-corrected chi connectivity index (χ3v) is 4.41. The highest BCUT2D eigenvalue weighted by molar-refractivity contribution is 6.29. The second kappa shape index (κ2) is 9.46. The number of hydrogen-bond acceptors (Lipinski definition) is 8. The number of imide groups is 1. The lowest BCUT2D eigenvalue weighted by atomic mass is 10.2. The molecule has 0 aliphatic rings. The predicted molar refractivity (Wildman–Crippen MR) is 127 cm³/mol. The van der Waals surface area contributed by atoms with Crippen molar-refractivity contribution in [1.29, 1.82) is 0 Å². The summed E-state index contributed by atoms with van der Waals surface area (Å²) in [6.07, 6.45) is -1.98. The van der Waals surface area contributed by atoms with Gasteiger partial charge in [-0.1, -0.05) is 30.3 Å². The number of imidazole rings is 1. The Morgan fingerprint density at radius 1 is 0.941 bits per heavy atom. The summed E-state index contributed by atoms with van der Waals surface area (Å²) in [6.45, 7) is 10.4. The fourth-order valence-corrected chi connectivity index (χ4v) is 3.18. The van der Waals surface area contributed by atoms with Crippen molar-refractivity contribution in [2.45, 2.75) is 59.3 Å². The van der Waals surface area contributed by atoms with E-state index >= 15 is 0 Å². The Labute approximate surface area is 202 Å². The average Bonchev–Trinajstić information content (AvgIpc) is 3.03. The van der Waals surface area contributed by atoms with Gasteiger partial charge in [0, 0.05) is 0 Å². The SMILES string of the molecule is COc1nc2c(N(C(=O)OC(C)(C)C)C(=O)OC(C)(C)C)nc(Cl)nc2n1Cc1ccccc1. The summed E-state index contributed by atoms with van der Waals surface area (Å²) < 4.78 is 18.0. The van der Waals surface area contributed by atoms with Crippen molar-refractivity contribution >= 4 is 40.8 Å². The van der Waals surface area contributed by atoms with Crippen molar-refractivity contribution < 1.29 is 23.8 Å². The van der Waals surface area contributed by atoms with E-state index in [1.54, 1.807) is 46.1 Å². The van der Waals surface area contributed by atoms with Crippen LogP contribution in [0.1, 0.15) is 47.1 Å². The minimum absolute atomic E-state index is 0.119. The third kappa shape index (κ3) is 5.93. The Balaban J connectivity index is 2.20. The summed E-state index contributed by atoms with van der Waals surface area (Å²) in [5.41, 5.74) is -0.441. The summed E-state index contributed by atoms with van der Waals surface area (Å²) in [6, 6.07) is 9.78. The van der Waals surface area contributed by atoms with Gasteiger partial charge in [-0.05, 0) is 58.7 Å². The number of halogens is 1. The standard InChI is InChI=1S/C23H28ClN5O5/c1-22(2,3)33-20(30)29(21(31)34-23(4,5)6)17-15-16(26-18(24)27-17)28(19(25-15)32-7)13-14-11-9-8-10-12-14/h8-12H,13H2,1-7H3. The van der Waals surface area contributed by atoms with E-state index in [0.717, 1.165) is 5.56 Å². The molecule has 0 atom stereocenters. The molecule has 0 fully saturated rings. The molecule has 10 nitrogen and oxygen atoms in total. The maximum absolute atomic E-state index is 13.1. The molecule has 2 amide bonds. The van der Waals surface area contributed by atoms with Gasteiger partial charge >= 0.3 is 12.2 Å². The molecule has 2 aromatic heterocycles. The van der Waals surface area contributed by atoms with Crippen LogP contribution in [0.3, 0.4) is 0 Å². The molecule has 0 bridgehead atoms. The maximum Gasteiger partial charge on any atom is 0.425 e. The lowest BCUT2D eigenvalue weighted by Crippen LogP contribution is -2.44. The van der Waals surface area contributed by atoms with Crippen LogP contribution in [0, 0.1) is 0 Å². The van der Waals surface area contributed by atoms with Gasteiger partial charge in [0.05, 0.1) is 13.7 Å². The Bertz CT molecular complexity index is 1170. The molecule has 0 saturated carbocycles. The van der Waals surface area contributed by atoms with Gasteiger partial charge in [0.15, 0.2) is 17.0 Å². The smallest absolute Gasteiger partial charge is 0.425 e. The second-order valence-electron chi connectivity index (χ2n) is 9.45. The molecule has 182 valence electrons. The fraction of sp³-hybridized carbons (Fsp3) is 0.435. The number of ether oxygens (including phenoxy) is 3. The van der Waals surface area contributed by atoms with Gasteiger partial charge in [-0.3, -0.25) is 4.57 Å². The largest absolute Gasteiger partial charge is 0.468 e. The van der Waals surface area contributed by atoms with Crippen LogP contribution in [0.2, 0.25) is 5.28 Å². The highest BCUT2D eigenvalue weighted by Gasteiger charge is 2.36. The van der Waals surface area contributed by atoms with Crippen molar-refractivity contribution in [2.24, 2.45) is 0 Å². The Hall–Kier alpha value is -3.40. The molecule has 0 unspecified atom stereocenters. The highest BCUT2D eigenvalue weighted by Crippen LogP contribution is 2.31. The van der Waals surface area contributed by atoms with Crippen LogP contribution >= 0.6 is 11.6 Å². The Morgan fingerprint density at radius 2 is 1.50 bits per heavy atom. The van der Waals surface area contributed by atoms with Crippen LogP contribution in [-0.2, 0) is 16.0 Å². The molecule has 0 spiro atoms. The minimum Gasteiger partial charge on any atom is -0.468 e. The van der Waals surface area contributed by atoms with E-state index in [9.17, 15) is 9.59 Å². The van der Waals surface area contributed by atoms with Crippen LogP contribution in [-0.4, -0.2) is 50.0 Å². The highest BCUT2D eigenvalue weighted by atomic mass is 35.5. The van der Waals surface area contributed by atoms with Crippen molar-refractivity contribution in [1.82, 2.24) is 19.5 Å². The number of aromatic nitrogens is 4. The van der Waals surface area contributed by atoms with Crippen LogP contribution in [0.4, 0.5) is 15.4 Å². The molecular weight excluding hydrogens is 462 g/mol.